The fourth-order valence-corrected chi connectivity index (χ4v) is 2.85. The molecule has 0 heterocycles. The molecule has 0 saturated carbocycles. The van der Waals surface area contributed by atoms with Gasteiger partial charge in [-0.3, -0.25) is 9.59 Å². The van der Waals surface area contributed by atoms with E-state index in [2.05, 4.69) is 20.8 Å². The predicted octanol–water partition coefficient (Wildman–Crippen LogP) is 5.85. The van der Waals surface area contributed by atoms with Gasteiger partial charge >= 0.3 is 5.97 Å². The molecule has 0 amide bonds. The summed E-state index contributed by atoms with van der Waals surface area (Å²) in [6, 6.07) is 10.3. The van der Waals surface area contributed by atoms with Gasteiger partial charge in [0.2, 0.25) is 0 Å². The Hall–Kier alpha value is -3.08. The van der Waals surface area contributed by atoms with Crippen molar-refractivity contribution in [3.05, 3.63) is 59.2 Å². The largest absolute Gasteiger partial charge is 0.496 e. The normalized spacial score (nSPS) is 12.0. The minimum absolute atomic E-state index is 0.134. The van der Waals surface area contributed by atoms with E-state index >= 15 is 0 Å². The Labute approximate surface area is 185 Å². The predicted molar refractivity (Wildman–Crippen MR) is 123 cm³/mol. The average Bonchev–Trinajstić information content (AvgIpc) is 2.70. The summed E-state index contributed by atoms with van der Waals surface area (Å²) in [5.74, 6) is 1.29. The third-order valence-corrected chi connectivity index (χ3v) is 4.74. The lowest BCUT2D eigenvalue weighted by molar-refractivity contribution is -0.143. The number of hydrogen-bond donors (Lipinski definition) is 0. The third-order valence-electron chi connectivity index (χ3n) is 4.74. The van der Waals surface area contributed by atoms with Gasteiger partial charge in [-0.25, -0.2) is 0 Å². The minimum atomic E-state index is -0.597. The first-order chi connectivity index (χ1) is 14.4. The second kappa shape index (κ2) is 9.38. The highest BCUT2D eigenvalue weighted by atomic mass is 16.5. The van der Waals surface area contributed by atoms with E-state index in [0.29, 0.717) is 17.1 Å². The third kappa shape index (κ3) is 6.20. The molecule has 0 radical (unpaired) electrons. The lowest BCUT2D eigenvalue weighted by Crippen LogP contribution is -2.25. The molecular formula is C26H32O5. The van der Waals surface area contributed by atoms with Crippen LogP contribution in [0.3, 0.4) is 0 Å². The topological polar surface area (TPSA) is 61.8 Å². The molecule has 2 aromatic carbocycles. The van der Waals surface area contributed by atoms with Crippen LogP contribution in [-0.4, -0.2) is 26.0 Å². The van der Waals surface area contributed by atoms with Crippen molar-refractivity contribution in [2.75, 3.05) is 14.2 Å². The highest BCUT2D eigenvalue weighted by molar-refractivity contribution is 6.07. The molecule has 0 saturated heterocycles. The van der Waals surface area contributed by atoms with Crippen LogP contribution < -0.4 is 14.2 Å². The smallest absolute Gasteiger partial charge is 0.316 e. The fraction of sp³-hybridized carbons (Fsp3) is 0.385. The van der Waals surface area contributed by atoms with Crippen LogP contribution in [-0.2, 0) is 10.2 Å². The van der Waals surface area contributed by atoms with E-state index in [0.717, 1.165) is 16.9 Å². The molecule has 31 heavy (non-hydrogen) atoms. The van der Waals surface area contributed by atoms with E-state index in [1.54, 1.807) is 65.3 Å². The molecule has 0 aliphatic heterocycles. The summed E-state index contributed by atoms with van der Waals surface area (Å²) in [6.45, 7) is 11.7. The van der Waals surface area contributed by atoms with Crippen molar-refractivity contribution in [1.82, 2.24) is 0 Å². The molecule has 5 nitrogen and oxygen atoms in total. The van der Waals surface area contributed by atoms with Crippen LogP contribution in [0, 0.1) is 5.41 Å². The number of rotatable bonds is 6. The van der Waals surface area contributed by atoms with Crippen LogP contribution in [0.2, 0.25) is 0 Å². The van der Waals surface area contributed by atoms with Gasteiger partial charge in [-0.15, -0.1) is 0 Å². The summed E-state index contributed by atoms with van der Waals surface area (Å²) in [5.41, 5.74) is 1.58. The minimum Gasteiger partial charge on any atom is -0.496 e. The second-order valence-corrected chi connectivity index (χ2v) is 9.41. The van der Waals surface area contributed by atoms with Crippen LogP contribution in [0.1, 0.15) is 63.0 Å². The standard InChI is InChI=1S/C26H32O5/c1-25(2,3)20-15-18(22(29-7)16-23(20)30-8)11-14-21(27)17-9-12-19(13-10-17)31-24(28)26(4,5)6/h9-16H,1-8H3. The van der Waals surface area contributed by atoms with Gasteiger partial charge < -0.3 is 14.2 Å². The number of ether oxygens (including phenoxy) is 3. The van der Waals surface area contributed by atoms with E-state index in [-0.39, 0.29) is 17.2 Å². The highest BCUT2D eigenvalue weighted by Gasteiger charge is 2.24. The first-order valence-corrected chi connectivity index (χ1v) is 10.2. The van der Waals surface area contributed by atoms with Crippen molar-refractivity contribution in [1.29, 1.82) is 0 Å². The quantitative estimate of drug-likeness (QED) is 0.252. The number of methoxy groups -OCH3 is 2. The molecule has 5 heteroatoms. The second-order valence-electron chi connectivity index (χ2n) is 9.41. The Morgan fingerprint density at radius 1 is 0.839 bits per heavy atom. The molecule has 0 spiro atoms. The van der Waals surface area contributed by atoms with Gasteiger partial charge in [0.1, 0.15) is 17.2 Å². The van der Waals surface area contributed by atoms with E-state index < -0.39 is 5.41 Å². The van der Waals surface area contributed by atoms with Crippen molar-refractivity contribution in [2.24, 2.45) is 5.41 Å². The van der Waals surface area contributed by atoms with Gasteiger partial charge in [-0.05, 0) is 68.7 Å². The van der Waals surface area contributed by atoms with Crippen LogP contribution in [0.15, 0.2) is 42.5 Å². The molecule has 166 valence electrons. The number of esters is 1. The van der Waals surface area contributed by atoms with Gasteiger partial charge in [0.15, 0.2) is 5.78 Å². The zero-order valence-corrected chi connectivity index (χ0v) is 19.7. The highest BCUT2D eigenvalue weighted by Crippen LogP contribution is 2.37. The van der Waals surface area contributed by atoms with E-state index in [1.807, 2.05) is 12.1 Å². The number of benzene rings is 2. The van der Waals surface area contributed by atoms with E-state index in [9.17, 15) is 9.59 Å². The maximum absolute atomic E-state index is 12.7. The maximum atomic E-state index is 12.7. The zero-order chi connectivity index (χ0) is 23.4. The number of ketones is 1. The number of carbonyl (C=O) groups is 2. The first-order valence-electron chi connectivity index (χ1n) is 10.2. The summed E-state index contributed by atoms with van der Waals surface area (Å²) >= 11 is 0. The maximum Gasteiger partial charge on any atom is 0.316 e. The summed E-state index contributed by atoms with van der Waals surface area (Å²) in [5, 5.41) is 0. The van der Waals surface area contributed by atoms with E-state index in [1.165, 1.54) is 6.08 Å². The van der Waals surface area contributed by atoms with Crippen LogP contribution in [0.25, 0.3) is 6.08 Å². The average molecular weight is 425 g/mol. The molecule has 2 rings (SSSR count). The number of hydrogen-bond acceptors (Lipinski definition) is 5. The molecule has 0 atom stereocenters. The Bertz CT molecular complexity index is 971. The van der Waals surface area contributed by atoms with Crippen molar-refractivity contribution >= 4 is 17.8 Å². The molecule has 0 aliphatic rings. The summed E-state index contributed by atoms with van der Waals surface area (Å²) in [6.07, 6.45) is 3.25. The lowest BCUT2D eigenvalue weighted by atomic mass is 9.85. The van der Waals surface area contributed by atoms with Crippen molar-refractivity contribution in [2.45, 2.75) is 47.0 Å². The van der Waals surface area contributed by atoms with Gasteiger partial charge in [0.05, 0.1) is 19.6 Å². The van der Waals surface area contributed by atoms with Gasteiger partial charge in [0, 0.05) is 22.8 Å². The summed E-state index contributed by atoms with van der Waals surface area (Å²) in [4.78, 5) is 24.7. The zero-order valence-electron chi connectivity index (χ0n) is 19.7. The molecule has 0 fully saturated rings. The Balaban J connectivity index is 2.25. The van der Waals surface area contributed by atoms with Crippen molar-refractivity contribution in [3.8, 4) is 17.2 Å². The molecule has 0 aliphatic carbocycles. The van der Waals surface area contributed by atoms with Gasteiger partial charge in [0.25, 0.3) is 0 Å². The molecule has 0 bridgehead atoms. The monoisotopic (exact) mass is 424 g/mol. The molecule has 2 aromatic rings. The number of carbonyl (C=O) groups excluding carboxylic acids is 2. The van der Waals surface area contributed by atoms with E-state index in [4.69, 9.17) is 14.2 Å². The fourth-order valence-electron chi connectivity index (χ4n) is 2.85. The van der Waals surface area contributed by atoms with Crippen LogP contribution in [0.4, 0.5) is 0 Å². The Kier molecular flexibility index (Phi) is 7.32. The van der Waals surface area contributed by atoms with Crippen LogP contribution >= 0.6 is 0 Å². The van der Waals surface area contributed by atoms with Crippen molar-refractivity contribution < 1.29 is 23.8 Å². The molecule has 0 aromatic heterocycles. The summed E-state index contributed by atoms with van der Waals surface area (Å²) < 4.78 is 16.3. The Morgan fingerprint density at radius 2 is 1.42 bits per heavy atom. The molecule has 0 unspecified atom stereocenters. The lowest BCUT2D eigenvalue weighted by Gasteiger charge is -2.23. The number of allylic oxidation sites excluding steroid dienone is 1. The SMILES string of the molecule is COc1cc(OC)c(C(C)(C)C)cc1C=CC(=O)c1ccc(OC(=O)C(C)(C)C)cc1. The molecular weight excluding hydrogens is 392 g/mol. The first kappa shape index (κ1) is 24.2. The van der Waals surface area contributed by atoms with Crippen molar-refractivity contribution in [3.63, 3.8) is 0 Å². The Morgan fingerprint density at radius 3 is 1.90 bits per heavy atom. The van der Waals surface area contributed by atoms with Gasteiger partial charge in [-0.2, -0.15) is 0 Å². The molecule has 0 N–H and O–H groups in total. The van der Waals surface area contributed by atoms with Gasteiger partial charge in [-0.1, -0.05) is 20.8 Å². The summed E-state index contributed by atoms with van der Waals surface area (Å²) in [7, 11) is 3.22. The van der Waals surface area contributed by atoms with Crippen LogP contribution in [0.5, 0.6) is 17.2 Å².